The normalized spacial score (nSPS) is 15.2. The van der Waals surface area contributed by atoms with Crippen LogP contribution >= 0.6 is 0 Å². The van der Waals surface area contributed by atoms with Gasteiger partial charge in [0.25, 0.3) is 0 Å². The Morgan fingerprint density at radius 1 is 1.15 bits per heavy atom. The van der Waals surface area contributed by atoms with Crippen molar-refractivity contribution in [1.29, 1.82) is 0 Å². The highest BCUT2D eigenvalue weighted by atomic mass is 19.4. The molecular weight excluding hydrogens is 273 g/mol. The van der Waals surface area contributed by atoms with E-state index in [2.05, 4.69) is 4.74 Å². The number of hydrogen-bond acceptors (Lipinski definition) is 3. The molecule has 0 saturated heterocycles. The molecule has 1 aromatic carbocycles. The fraction of sp³-hybridized carbons (Fsp3) is 0.571. The summed E-state index contributed by atoms with van der Waals surface area (Å²) in [6, 6.07) is 5.47. The maximum atomic E-state index is 12.0. The minimum atomic E-state index is -4.70. The smallest absolute Gasteiger partial charge is 0.406 e. The molecule has 1 unspecified atom stereocenters. The fourth-order valence-electron chi connectivity index (χ4n) is 1.83. The lowest BCUT2D eigenvalue weighted by molar-refractivity contribution is -0.274. The van der Waals surface area contributed by atoms with Gasteiger partial charge in [0.2, 0.25) is 0 Å². The van der Waals surface area contributed by atoms with E-state index in [4.69, 9.17) is 4.74 Å². The van der Waals surface area contributed by atoms with Crippen LogP contribution in [0.5, 0.6) is 5.75 Å². The molecule has 1 atom stereocenters. The van der Waals surface area contributed by atoms with Crippen molar-refractivity contribution in [3.63, 3.8) is 0 Å². The molecular formula is C14H19F3O3. The molecule has 20 heavy (non-hydrogen) atoms. The third-order valence-corrected chi connectivity index (χ3v) is 3.14. The van der Waals surface area contributed by atoms with E-state index in [0.29, 0.717) is 12.0 Å². The molecule has 6 heteroatoms. The van der Waals surface area contributed by atoms with E-state index >= 15 is 0 Å². The molecule has 0 radical (unpaired) electrons. The molecule has 0 aliphatic rings. The third kappa shape index (κ3) is 5.02. The van der Waals surface area contributed by atoms with E-state index in [9.17, 15) is 18.3 Å². The maximum absolute atomic E-state index is 12.0. The van der Waals surface area contributed by atoms with Gasteiger partial charge in [-0.2, -0.15) is 0 Å². The summed E-state index contributed by atoms with van der Waals surface area (Å²) in [4.78, 5) is 0. The highest BCUT2D eigenvalue weighted by Crippen LogP contribution is 2.26. The molecule has 0 aliphatic heterocycles. The van der Waals surface area contributed by atoms with Crippen LogP contribution in [-0.4, -0.2) is 30.8 Å². The van der Waals surface area contributed by atoms with Crippen LogP contribution in [0.4, 0.5) is 13.2 Å². The first-order valence-electron chi connectivity index (χ1n) is 6.22. The number of benzene rings is 1. The average molecular weight is 292 g/mol. The lowest BCUT2D eigenvalue weighted by Gasteiger charge is -2.31. The quantitative estimate of drug-likeness (QED) is 0.875. The molecule has 0 aromatic heterocycles. The molecule has 0 saturated carbocycles. The summed E-state index contributed by atoms with van der Waals surface area (Å²) in [5.41, 5.74) is -0.339. The topological polar surface area (TPSA) is 38.7 Å². The number of halogens is 3. The molecule has 0 fully saturated rings. The predicted octanol–water partition coefficient (Wildman–Crippen LogP) is 3.16. The second kappa shape index (κ2) is 6.45. The molecule has 1 aromatic rings. The lowest BCUT2D eigenvalue weighted by Crippen LogP contribution is -2.42. The van der Waals surface area contributed by atoms with Crippen LogP contribution in [0, 0.1) is 5.92 Å². The van der Waals surface area contributed by atoms with E-state index in [0.717, 1.165) is 0 Å². The third-order valence-electron chi connectivity index (χ3n) is 3.14. The van der Waals surface area contributed by atoms with E-state index in [-0.39, 0.29) is 18.3 Å². The molecule has 1 rings (SSSR count). The van der Waals surface area contributed by atoms with Crippen LogP contribution < -0.4 is 4.74 Å². The molecule has 0 bridgehead atoms. The van der Waals surface area contributed by atoms with Gasteiger partial charge in [-0.3, -0.25) is 0 Å². The van der Waals surface area contributed by atoms with Crippen molar-refractivity contribution in [3.8, 4) is 5.75 Å². The van der Waals surface area contributed by atoms with Crippen LogP contribution in [0.25, 0.3) is 0 Å². The van der Waals surface area contributed by atoms with Crippen LogP contribution in [0.15, 0.2) is 24.3 Å². The summed E-state index contributed by atoms with van der Waals surface area (Å²) in [6.07, 6.45) is -4.40. The zero-order valence-corrected chi connectivity index (χ0v) is 11.7. The number of ether oxygens (including phenoxy) is 2. The molecule has 3 nitrogen and oxygen atoms in total. The monoisotopic (exact) mass is 292 g/mol. The van der Waals surface area contributed by atoms with Crippen LogP contribution in [0.1, 0.15) is 19.4 Å². The van der Waals surface area contributed by atoms with Gasteiger partial charge in [0.15, 0.2) is 0 Å². The summed E-state index contributed by atoms with van der Waals surface area (Å²) in [5, 5.41) is 10.5. The first-order chi connectivity index (χ1) is 9.16. The SMILES string of the molecule is COCC(O)(Cc1ccc(OC(F)(F)F)cc1)C(C)C. The average Bonchev–Trinajstić information content (AvgIpc) is 2.30. The zero-order valence-electron chi connectivity index (χ0n) is 11.7. The van der Waals surface area contributed by atoms with Gasteiger partial charge in [-0.1, -0.05) is 26.0 Å². The summed E-state index contributed by atoms with van der Waals surface area (Å²) < 4.78 is 44.9. The van der Waals surface area contributed by atoms with Crippen LogP contribution in [0.3, 0.4) is 0 Å². The van der Waals surface area contributed by atoms with Crippen molar-refractivity contribution in [2.45, 2.75) is 32.2 Å². The summed E-state index contributed by atoms with van der Waals surface area (Å²) in [7, 11) is 1.49. The number of aliphatic hydroxyl groups is 1. The van der Waals surface area contributed by atoms with Crippen molar-refractivity contribution >= 4 is 0 Å². The number of hydrogen-bond donors (Lipinski definition) is 1. The number of rotatable bonds is 6. The summed E-state index contributed by atoms with van der Waals surface area (Å²) >= 11 is 0. The minimum absolute atomic E-state index is 0.0476. The molecule has 114 valence electrons. The Morgan fingerprint density at radius 2 is 1.70 bits per heavy atom. The van der Waals surface area contributed by atoms with Crippen molar-refractivity contribution in [1.82, 2.24) is 0 Å². The van der Waals surface area contributed by atoms with Gasteiger partial charge < -0.3 is 14.6 Å². The lowest BCUT2D eigenvalue weighted by atomic mass is 9.85. The van der Waals surface area contributed by atoms with Crippen molar-refractivity contribution in [2.75, 3.05) is 13.7 Å². The Kier molecular flexibility index (Phi) is 5.42. The van der Waals surface area contributed by atoms with Crippen LogP contribution in [-0.2, 0) is 11.2 Å². The second-order valence-corrected chi connectivity index (χ2v) is 5.06. The largest absolute Gasteiger partial charge is 0.573 e. The Morgan fingerprint density at radius 3 is 2.10 bits per heavy atom. The molecule has 1 N–H and O–H groups in total. The Bertz CT molecular complexity index is 415. The summed E-state index contributed by atoms with van der Waals surface area (Å²) in [5.74, 6) is -0.324. The van der Waals surface area contributed by atoms with Gasteiger partial charge >= 0.3 is 6.36 Å². The maximum Gasteiger partial charge on any atom is 0.573 e. The molecule has 0 amide bonds. The molecule has 0 spiro atoms. The highest BCUT2D eigenvalue weighted by Gasteiger charge is 2.32. The minimum Gasteiger partial charge on any atom is -0.406 e. The standard InChI is InChI=1S/C14H19F3O3/c1-10(2)13(18,9-19-3)8-11-4-6-12(7-5-11)20-14(15,16)17/h4-7,10,18H,8-9H2,1-3H3. The second-order valence-electron chi connectivity index (χ2n) is 5.06. The van der Waals surface area contributed by atoms with Gasteiger partial charge in [-0.05, 0) is 23.6 Å². The van der Waals surface area contributed by atoms with Crippen molar-refractivity contribution < 1.29 is 27.8 Å². The fourth-order valence-corrected chi connectivity index (χ4v) is 1.83. The Balaban J connectivity index is 2.78. The Labute approximate surface area is 116 Å². The zero-order chi connectivity index (χ0) is 15.4. The van der Waals surface area contributed by atoms with E-state index in [1.807, 2.05) is 13.8 Å². The van der Waals surface area contributed by atoms with Gasteiger partial charge in [0.05, 0.1) is 12.2 Å². The number of methoxy groups -OCH3 is 1. The highest BCUT2D eigenvalue weighted by molar-refractivity contribution is 5.28. The van der Waals surface area contributed by atoms with E-state index < -0.39 is 12.0 Å². The van der Waals surface area contributed by atoms with Gasteiger partial charge in [0, 0.05) is 13.5 Å². The number of alkyl halides is 3. The Hall–Kier alpha value is -1.27. The van der Waals surface area contributed by atoms with Crippen LogP contribution in [0.2, 0.25) is 0 Å². The van der Waals surface area contributed by atoms with E-state index in [1.165, 1.54) is 31.4 Å². The van der Waals surface area contributed by atoms with Gasteiger partial charge in [0.1, 0.15) is 5.75 Å². The predicted molar refractivity (Wildman–Crippen MR) is 68.5 cm³/mol. The molecule has 0 aliphatic carbocycles. The summed E-state index contributed by atoms with van der Waals surface area (Å²) in [6.45, 7) is 3.88. The van der Waals surface area contributed by atoms with Gasteiger partial charge in [-0.25, -0.2) is 0 Å². The first kappa shape index (κ1) is 16.8. The van der Waals surface area contributed by atoms with Gasteiger partial charge in [-0.15, -0.1) is 13.2 Å². The van der Waals surface area contributed by atoms with E-state index in [1.54, 1.807) is 0 Å². The van der Waals surface area contributed by atoms with Crippen molar-refractivity contribution in [2.24, 2.45) is 5.92 Å². The molecule has 0 heterocycles. The van der Waals surface area contributed by atoms with Crippen molar-refractivity contribution in [3.05, 3.63) is 29.8 Å². The first-order valence-corrected chi connectivity index (χ1v) is 6.22.